The van der Waals surface area contributed by atoms with E-state index < -0.39 is 0 Å². The van der Waals surface area contributed by atoms with E-state index in [2.05, 4.69) is 25.9 Å². The molecule has 0 radical (unpaired) electrons. The molecule has 0 aliphatic heterocycles. The van der Waals surface area contributed by atoms with Gasteiger partial charge < -0.3 is 15.4 Å². The number of nitrogens with one attached hydrogen (secondary N) is 1. The van der Waals surface area contributed by atoms with Crippen LogP contribution < -0.4 is 10.6 Å². The molecule has 0 aliphatic carbocycles. The molecular formula is C10H16BrN5O. The monoisotopic (exact) mass is 301 g/mol. The Morgan fingerprint density at radius 1 is 1.47 bits per heavy atom. The number of aromatic nitrogens is 2. The van der Waals surface area contributed by atoms with Crippen LogP contribution in [0.15, 0.2) is 16.9 Å². The average Bonchev–Trinajstić information content (AvgIpc) is 2.30. The fourth-order valence-corrected chi connectivity index (χ4v) is 1.44. The summed E-state index contributed by atoms with van der Waals surface area (Å²) in [4.78, 5) is 10.4. The second-order valence-corrected chi connectivity index (χ2v) is 4.37. The second-order valence-electron chi connectivity index (χ2n) is 3.46. The number of anilines is 1. The van der Waals surface area contributed by atoms with E-state index in [1.165, 1.54) is 0 Å². The van der Waals surface area contributed by atoms with Crippen LogP contribution in [-0.2, 0) is 4.74 Å². The highest BCUT2D eigenvalue weighted by atomic mass is 79.9. The molecule has 17 heavy (non-hydrogen) atoms. The van der Waals surface area contributed by atoms with Gasteiger partial charge in [-0.2, -0.15) is 0 Å². The maximum absolute atomic E-state index is 7.23. The van der Waals surface area contributed by atoms with E-state index in [9.17, 15) is 0 Å². The normalized spacial score (nSPS) is 10.2. The molecule has 1 heterocycles. The van der Waals surface area contributed by atoms with Crippen molar-refractivity contribution in [2.24, 2.45) is 5.73 Å². The standard InChI is InChI=1S/C10H16BrN5O/c1-17-5-4-16(3-2-9(12)13)10-14-6-8(11)7-15-10/h6-7H,2-5H2,1H3,(H3,12,13). The minimum absolute atomic E-state index is 0.157. The fraction of sp³-hybridized carbons (Fsp3) is 0.500. The third-order valence-electron chi connectivity index (χ3n) is 2.11. The SMILES string of the molecule is COCCN(CCC(=N)N)c1ncc(Br)cn1. The summed E-state index contributed by atoms with van der Waals surface area (Å²) in [6, 6.07) is 0. The van der Waals surface area contributed by atoms with Crippen LogP contribution >= 0.6 is 15.9 Å². The van der Waals surface area contributed by atoms with E-state index in [0.29, 0.717) is 32.1 Å². The van der Waals surface area contributed by atoms with Crippen LogP contribution in [0.3, 0.4) is 0 Å². The van der Waals surface area contributed by atoms with Crippen molar-refractivity contribution < 1.29 is 4.74 Å². The first-order valence-corrected chi connectivity index (χ1v) is 5.97. The van der Waals surface area contributed by atoms with Gasteiger partial charge in [-0.25, -0.2) is 9.97 Å². The van der Waals surface area contributed by atoms with Gasteiger partial charge in [-0.05, 0) is 15.9 Å². The summed E-state index contributed by atoms with van der Waals surface area (Å²) in [6.07, 6.45) is 3.87. The number of ether oxygens (including phenoxy) is 1. The van der Waals surface area contributed by atoms with Crippen LogP contribution in [0.4, 0.5) is 5.95 Å². The smallest absolute Gasteiger partial charge is 0.225 e. The number of nitrogens with two attached hydrogens (primary N) is 1. The maximum atomic E-state index is 7.23. The Labute approximate surface area is 109 Å². The van der Waals surface area contributed by atoms with Gasteiger partial charge in [-0.15, -0.1) is 0 Å². The molecule has 0 bridgehead atoms. The fourth-order valence-electron chi connectivity index (χ4n) is 1.24. The Morgan fingerprint density at radius 3 is 2.65 bits per heavy atom. The van der Waals surface area contributed by atoms with Crippen LogP contribution in [0.2, 0.25) is 0 Å². The maximum Gasteiger partial charge on any atom is 0.225 e. The second kappa shape index (κ2) is 7.18. The number of hydrogen-bond donors (Lipinski definition) is 2. The topological polar surface area (TPSA) is 88.1 Å². The highest BCUT2D eigenvalue weighted by Crippen LogP contribution is 2.11. The molecule has 0 spiro atoms. The molecule has 0 unspecified atom stereocenters. The number of methoxy groups -OCH3 is 1. The zero-order valence-electron chi connectivity index (χ0n) is 9.69. The molecule has 6 nitrogen and oxygen atoms in total. The number of rotatable bonds is 7. The molecule has 1 aromatic rings. The van der Waals surface area contributed by atoms with E-state index in [1.807, 2.05) is 4.90 Å². The molecule has 0 fully saturated rings. The minimum atomic E-state index is 0.157. The van der Waals surface area contributed by atoms with Crippen molar-refractivity contribution in [1.29, 1.82) is 5.41 Å². The Morgan fingerprint density at radius 2 is 2.12 bits per heavy atom. The molecule has 0 amide bonds. The lowest BCUT2D eigenvalue weighted by atomic mass is 10.3. The van der Waals surface area contributed by atoms with Crippen LogP contribution in [0.5, 0.6) is 0 Å². The third-order valence-corrected chi connectivity index (χ3v) is 2.52. The van der Waals surface area contributed by atoms with Crippen molar-refractivity contribution in [2.45, 2.75) is 6.42 Å². The zero-order chi connectivity index (χ0) is 12.7. The molecular weight excluding hydrogens is 286 g/mol. The van der Waals surface area contributed by atoms with Crippen LogP contribution in [-0.4, -0.2) is 42.6 Å². The first-order chi connectivity index (χ1) is 8.13. The van der Waals surface area contributed by atoms with Crippen molar-refractivity contribution in [3.8, 4) is 0 Å². The van der Waals surface area contributed by atoms with Crippen LogP contribution in [0, 0.1) is 5.41 Å². The molecule has 7 heteroatoms. The first-order valence-electron chi connectivity index (χ1n) is 5.18. The third kappa shape index (κ3) is 5.10. The van der Waals surface area contributed by atoms with E-state index in [0.717, 1.165) is 4.47 Å². The van der Waals surface area contributed by atoms with Crippen LogP contribution in [0.1, 0.15) is 6.42 Å². The zero-order valence-corrected chi connectivity index (χ0v) is 11.3. The molecule has 0 saturated carbocycles. The molecule has 0 atom stereocenters. The lowest BCUT2D eigenvalue weighted by Gasteiger charge is -2.21. The Balaban J connectivity index is 2.67. The molecule has 0 saturated heterocycles. The van der Waals surface area contributed by atoms with Crippen LogP contribution in [0.25, 0.3) is 0 Å². The van der Waals surface area contributed by atoms with Crippen molar-refractivity contribution in [3.63, 3.8) is 0 Å². The number of halogens is 1. The Kier molecular flexibility index (Phi) is 5.85. The number of hydrogen-bond acceptors (Lipinski definition) is 5. The van der Waals surface area contributed by atoms with Crippen molar-refractivity contribution >= 4 is 27.7 Å². The molecule has 1 aromatic heterocycles. The quantitative estimate of drug-likeness (QED) is 0.580. The summed E-state index contributed by atoms with van der Waals surface area (Å²) in [5.41, 5.74) is 5.35. The van der Waals surface area contributed by atoms with E-state index in [1.54, 1.807) is 19.5 Å². The summed E-state index contributed by atoms with van der Waals surface area (Å²) in [6.45, 7) is 1.86. The van der Waals surface area contributed by atoms with Gasteiger partial charge in [0.25, 0.3) is 0 Å². The highest BCUT2D eigenvalue weighted by Gasteiger charge is 2.09. The van der Waals surface area contributed by atoms with Gasteiger partial charge in [-0.3, -0.25) is 5.41 Å². The largest absolute Gasteiger partial charge is 0.388 e. The predicted octanol–water partition coefficient (Wildman–Crippen LogP) is 1.02. The van der Waals surface area contributed by atoms with Gasteiger partial charge in [0, 0.05) is 39.0 Å². The summed E-state index contributed by atoms with van der Waals surface area (Å²) in [7, 11) is 1.64. The van der Waals surface area contributed by atoms with Gasteiger partial charge >= 0.3 is 0 Å². The van der Waals surface area contributed by atoms with Crippen molar-refractivity contribution in [1.82, 2.24) is 9.97 Å². The molecule has 3 N–H and O–H groups in total. The molecule has 0 aliphatic rings. The highest BCUT2D eigenvalue weighted by molar-refractivity contribution is 9.10. The van der Waals surface area contributed by atoms with E-state index in [-0.39, 0.29) is 5.84 Å². The summed E-state index contributed by atoms with van der Waals surface area (Å²) < 4.78 is 5.87. The Hall–Kier alpha value is -1.21. The number of amidine groups is 1. The molecule has 0 aromatic carbocycles. The minimum Gasteiger partial charge on any atom is -0.388 e. The van der Waals surface area contributed by atoms with Gasteiger partial charge in [-0.1, -0.05) is 0 Å². The molecule has 94 valence electrons. The summed E-state index contributed by atoms with van der Waals surface area (Å²) >= 11 is 3.29. The Bertz CT molecular complexity index is 356. The summed E-state index contributed by atoms with van der Waals surface area (Å²) in [5, 5.41) is 7.23. The first kappa shape index (κ1) is 13.9. The van der Waals surface area contributed by atoms with Gasteiger partial charge in [0.2, 0.25) is 5.95 Å². The lowest BCUT2D eigenvalue weighted by Crippen LogP contribution is -2.32. The average molecular weight is 302 g/mol. The molecule has 1 rings (SSSR count). The van der Waals surface area contributed by atoms with Crippen molar-refractivity contribution in [3.05, 3.63) is 16.9 Å². The van der Waals surface area contributed by atoms with E-state index in [4.69, 9.17) is 15.9 Å². The van der Waals surface area contributed by atoms with E-state index >= 15 is 0 Å². The van der Waals surface area contributed by atoms with Gasteiger partial charge in [0.05, 0.1) is 16.9 Å². The lowest BCUT2D eigenvalue weighted by molar-refractivity contribution is 0.205. The van der Waals surface area contributed by atoms with Gasteiger partial charge in [0.1, 0.15) is 0 Å². The summed E-state index contributed by atoms with van der Waals surface area (Å²) in [5.74, 6) is 0.774. The number of nitrogens with zero attached hydrogens (tertiary/aromatic N) is 3. The predicted molar refractivity (Wildman–Crippen MR) is 70.4 cm³/mol. The van der Waals surface area contributed by atoms with Gasteiger partial charge in [0.15, 0.2) is 0 Å². The van der Waals surface area contributed by atoms with Crippen molar-refractivity contribution in [2.75, 3.05) is 31.7 Å².